The highest BCUT2D eigenvalue weighted by Gasteiger charge is 2.16. The SMILES string of the molecule is CC(=O)Nc1nc(Cl)sc1C(=O)O. The lowest BCUT2D eigenvalue weighted by molar-refractivity contribution is -0.114. The Hall–Kier alpha value is -1.14. The van der Waals surface area contributed by atoms with Gasteiger partial charge in [0.05, 0.1) is 0 Å². The first-order valence-electron chi connectivity index (χ1n) is 3.18. The van der Waals surface area contributed by atoms with E-state index in [1.54, 1.807) is 0 Å². The summed E-state index contributed by atoms with van der Waals surface area (Å²) in [4.78, 5) is 24.8. The molecule has 0 unspecified atom stereocenters. The van der Waals surface area contributed by atoms with Crippen molar-refractivity contribution < 1.29 is 14.7 Å². The Labute approximate surface area is 82.4 Å². The molecule has 0 saturated heterocycles. The molecule has 1 aromatic rings. The molecular formula is C6H5ClN2O3S. The number of rotatable bonds is 2. The van der Waals surface area contributed by atoms with Crippen LogP contribution in [0.5, 0.6) is 0 Å². The van der Waals surface area contributed by atoms with Gasteiger partial charge in [0.1, 0.15) is 0 Å². The average Bonchev–Trinajstić information content (AvgIpc) is 2.29. The fourth-order valence-electron chi connectivity index (χ4n) is 0.690. The number of thiazole rings is 1. The zero-order valence-corrected chi connectivity index (χ0v) is 8.07. The predicted octanol–water partition coefficient (Wildman–Crippen LogP) is 1.45. The maximum absolute atomic E-state index is 10.6. The van der Waals surface area contributed by atoms with E-state index in [2.05, 4.69) is 10.3 Å². The zero-order chi connectivity index (χ0) is 10.0. The van der Waals surface area contributed by atoms with Gasteiger partial charge in [0, 0.05) is 6.92 Å². The number of aromatic nitrogens is 1. The van der Waals surface area contributed by atoms with Crippen molar-refractivity contribution in [3.63, 3.8) is 0 Å². The molecule has 0 aliphatic rings. The molecule has 0 spiro atoms. The highest BCUT2D eigenvalue weighted by molar-refractivity contribution is 7.18. The zero-order valence-electron chi connectivity index (χ0n) is 6.50. The van der Waals surface area contributed by atoms with Gasteiger partial charge in [-0.05, 0) is 0 Å². The highest BCUT2D eigenvalue weighted by atomic mass is 35.5. The predicted molar refractivity (Wildman–Crippen MR) is 48.4 cm³/mol. The largest absolute Gasteiger partial charge is 0.477 e. The molecule has 0 saturated carbocycles. The quantitative estimate of drug-likeness (QED) is 0.791. The number of nitrogens with zero attached hydrogens (tertiary/aromatic N) is 1. The van der Waals surface area contributed by atoms with Gasteiger partial charge in [-0.15, -0.1) is 0 Å². The number of carboxylic acids is 1. The summed E-state index contributed by atoms with van der Waals surface area (Å²) in [7, 11) is 0. The fourth-order valence-corrected chi connectivity index (χ4v) is 1.59. The molecule has 2 N–H and O–H groups in total. The van der Waals surface area contributed by atoms with Crippen LogP contribution in [-0.4, -0.2) is 22.0 Å². The van der Waals surface area contributed by atoms with E-state index in [0.29, 0.717) is 0 Å². The summed E-state index contributed by atoms with van der Waals surface area (Å²) in [6, 6.07) is 0. The molecule has 0 aliphatic heterocycles. The van der Waals surface area contributed by atoms with E-state index in [9.17, 15) is 9.59 Å². The van der Waals surface area contributed by atoms with Crippen molar-refractivity contribution in [2.75, 3.05) is 5.32 Å². The minimum Gasteiger partial charge on any atom is -0.477 e. The van der Waals surface area contributed by atoms with Gasteiger partial charge in [-0.1, -0.05) is 22.9 Å². The molecule has 5 nitrogen and oxygen atoms in total. The lowest BCUT2D eigenvalue weighted by Gasteiger charge is -1.96. The monoisotopic (exact) mass is 220 g/mol. The van der Waals surface area contributed by atoms with Crippen LogP contribution in [0.4, 0.5) is 5.82 Å². The van der Waals surface area contributed by atoms with Gasteiger partial charge >= 0.3 is 5.97 Å². The van der Waals surface area contributed by atoms with Crippen LogP contribution in [-0.2, 0) is 4.79 Å². The van der Waals surface area contributed by atoms with Crippen molar-refractivity contribution in [3.8, 4) is 0 Å². The van der Waals surface area contributed by atoms with E-state index in [1.807, 2.05) is 0 Å². The number of hydrogen-bond acceptors (Lipinski definition) is 4. The van der Waals surface area contributed by atoms with E-state index in [1.165, 1.54) is 6.92 Å². The second kappa shape index (κ2) is 3.71. The van der Waals surface area contributed by atoms with E-state index in [-0.39, 0.29) is 21.1 Å². The average molecular weight is 221 g/mol. The molecule has 0 aliphatic carbocycles. The number of aromatic carboxylic acids is 1. The molecule has 0 aromatic carbocycles. The normalized spacial score (nSPS) is 9.69. The third-order valence-electron chi connectivity index (χ3n) is 1.09. The number of carbonyl (C=O) groups excluding carboxylic acids is 1. The Balaban J connectivity index is 3.04. The Bertz CT molecular complexity index is 363. The van der Waals surface area contributed by atoms with Crippen LogP contribution in [0.3, 0.4) is 0 Å². The van der Waals surface area contributed by atoms with Gasteiger partial charge in [-0.25, -0.2) is 9.78 Å². The Morgan fingerprint density at radius 1 is 1.62 bits per heavy atom. The third-order valence-corrected chi connectivity index (χ3v) is 2.24. The van der Waals surface area contributed by atoms with Crippen molar-refractivity contribution >= 4 is 40.6 Å². The van der Waals surface area contributed by atoms with Crippen molar-refractivity contribution in [3.05, 3.63) is 9.34 Å². The first-order valence-corrected chi connectivity index (χ1v) is 4.37. The maximum atomic E-state index is 10.6. The molecule has 1 amide bonds. The number of halogens is 1. The van der Waals surface area contributed by atoms with Crippen molar-refractivity contribution in [2.45, 2.75) is 6.92 Å². The minimum atomic E-state index is -1.16. The number of carboxylic acid groups (broad SMARTS) is 1. The number of nitrogens with one attached hydrogen (secondary N) is 1. The number of hydrogen-bond donors (Lipinski definition) is 2. The molecule has 0 fully saturated rings. The summed E-state index contributed by atoms with van der Waals surface area (Å²) in [6.45, 7) is 1.26. The van der Waals surface area contributed by atoms with E-state index >= 15 is 0 Å². The summed E-state index contributed by atoms with van der Waals surface area (Å²) in [5, 5.41) is 10.9. The third kappa shape index (κ3) is 2.40. The molecule has 1 heterocycles. The fraction of sp³-hybridized carbons (Fsp3) is 0.167. The smallest absolute Gasteiger partial charge is 0.349 e. The molecule has 0 radical (unpaired) electrons. The summed E-state index contributed by atoms with van der Waals surface area (Å²) >= 11 is 6.29. The first-order chi connectivity index (χ1) is 6.00. The van der Waals surface area contributed by atoms with E-state index < -0.39 is 5.97 Å². The van der Waals surface area contributed by atoms with Gasteiger partial charge in [0.2, 0.25) is 5.91 Å². The van der Waals surface area contributed by atoms with Gasteiger partial charge in [0.25, 0.3) is 0 Å². The van der Waals surface area contributed by atoms with Crippen LogP contribution in [0.1, 0.15) is 16.6 Å². The second-order valence-corrected chi connectivity index (χ2v) is 3.71. The van der Waals surface area contributed by atoms with Gasteiger partial charge < -0.3 is 10.4 Å². The standard InChI is InChI=1S/C6H5ClN2O3S/c1-2(10)8-4-3(5(11)12)13-6(7)9-4/h1H3,(H,8,10)(H,11,12). The van der Waals surface area contributed by atoms with E-state index in [0.717, 1.165) is 11.3 Å². The van der Waals surface area contributed by atoms with Gasteiger partial charge in [-0.2, -0.15) is 0 Å². The Morgan fingerprint density at radius 3 is 2.69 bits per heavy atom. The first kappa shape index (κ1) is 9.94. The Kier molecular flexibility index (Phi) is 2.84. The molecule has 13 heavy (non-hydrogen) atoms. The molecule has 1 rings (SSSR count). The van der Waals surface area contributed by atoms with Crippen LogP contribution in [0.2, 0.25) is 4.47 Å². The van der Waals surface area contributed by atoms with Crippen molar-refractivity contribution in [1.82, 2.24) is 4.98 Å². The number of amides is 1. The summed E-state index contributed by atoms with van der Waals surface area (Å²) in [5.74, 6) is -1.55. The van der Waals surface area contributed by atoms with Crippen LogP contribution in [0, 0.1) is 0 Å². The van der Waals surface area contributed by atoms with Crippen LogP contribution >= 0.6 is 22.9 Å². The number of carbonyl (C=O) groups is 2. The number of anilines is 1. The second-order valence-electron chi connectivity index (χ2n) is 2.13. The molecule has 0 bridgehead atoms. The lowest BCUT2D eigenvalue weighted by atomic mass is 10.5. The minimum absolute atomic E-state index is 0.00463. The van der Waals surface area contributed by atoms with Gasteiger partial charge in [-0.3, -0.25) is 4.79 Å². The van der Waals surface area contributed by atoms with Crippen molar-refractivity contribution in [2.24, 2.45) is 0 Å². The maximum Gasteiger partial charge on any atom is 0.349 e. The Morgan fingerprint density at radius 2 is 2.23 bits per heavy atom. The summed E-state index contributed by atoms with van der Waals surface area (Å²) in [5.41, 5.74) is 0. The lowest BCUT2D eigenvalue weighted by Crippen LogP contribution is -2.09. The summed E-state index contributed by atoms with van der Waals surface area (Å²) < 4.78 is 0.0844. The van der Waals surface area contributed by atoms with Crippen LogP contribution in [0.15, 0.2) is 0 Å². The van der Waals surface area contributed by atoms with Gasteiger partial charge in [0.15, 0.2) is 15.2 Å². The van der Waals surface area contributed by atoms with E-state index in [4.69, 9.17) is 16.7 Å². The van der Waals surface area contributed by atoms with Crippen LogP contribution in [0.25, 0.3) is 0 Å². The molecule has 70 valence electrons. The van der Waals surface area contributed by atoms with Crippen LogP contribution < -0.4 is 5.32 Å². The molecular weight excluding hydrogens is 216 g/mol. The molecule has 1 aromatic heterocycles. The summed E-state index contributed by atoms with van der Waals surface area (Å²) in [6.07, 6.45) is 0. The topological polar surface area (TPSA) is 79.3 Å². The molecule has 0 atom stereocenters. The van der Waals surface area contributed by atoms with Crippen molar-refractivity contribution in [1.29, 1.82) is 0 Å². The highest BCUT2D eigenvalue weighted by Crippen LogP contribution is 2.26. The molecule has 7 heteroatoms.